The second kappa shape index (κ2) is 4.98. The first-order valence-electron chi connectivity index (χ1n) is 4.33. The molecule has 0 spiro atoms. The van der Waals surface area contributed by atoms with Crippen LogP contribution in [0.2, 0.25) is 5.02 Å². The molecule has 0 unspecified atom stereocenters. The fraction of sp³-hybridized carbons (Fsp3) is 0.300. The molecule has 1 atom stereocenters. The van der Waals surface area contributed by atoms with Crippen molar-refractivity contribution in [2.45, 2.75) is 6.04 Å². The van der Waals surface area contributed by atoms with Crippen LogP contribution < -0.4 is 10.6 Å². The number of amides is 1. The Labute approximate surface area is 88.5 Å². The number of benzene rings is 1. The molecule has 0 radical (unpaired) electrons. The topological polar surface area (TPSA) is 41.1 Å². The molecule has 0 aliphatic heterocycles. The lowest BCUT2D eigenvalue weighted by Crippen LogP contribution is -2.33. The highest BCUT2D eigenvalue weighted by Crippen LogP contribution is 2.16. The standard InChI is InChI=1S/C10H13ClN2O/c1-12-9(10(14)13-2)7-3-5-8(11)6-4-7/h3-6,9,12H,1-2H3,(H,13,14)/t9-/m1/s1. The molecule has 4 heteroatoms. The fourth-order valence-electron chi connectivity index (χ4n) is 1.25. The molecule has 14 heavy (non-hydrogen) atoms. The van der Waals surface area contributed by atoms with Crippen LogP contribution in [0, 0.1) is 0 Å². The van der Waals surface area contributed by atoms with Gasteiger partial charge in [0.15, 0.2) is 0 Å². The van der Waals surface area contributed by atoms with Gasteiger partial charge in [-0.3, -0.25) is 4.79 Å². The maximum Gasteiger partial charge on any atom is 0.241 e. The van der Waals surface area contributed by atoms with Gasteiger partial charge in [0.05, 0.1) is 0 Å². The Morgan fingerprint density at radius 3 is 2.29 bits per heavy atom. The van der Waals surface area contributed by atoms with Crippen molar-refractivity contribution in [1.29, 1.82) is 0 Å². The summed E-state index contributed by atoms with van der Waals surface area (Å²) in [6, 6.07) is 6.88. The Balaban J connectivity index is 2.89. The third kappa shape index (κ3) is 2.47. The number of rotatable bonds is 3. The van der Waals surface area contributed by atoms with Crippen molar-refractivity contribution < 1.29 is 4.79 Å². The lowest BCUT2D eigenvalue weighted by Gasteiger charge is -2.14. The minimum Gasteiger partial charge on any atom is -0.358 e. The van der Waals surface area contributed by atoms with E-state index in [0.29, 0.717) is 5.02 Å². The highest BCUT2D eigenvalue weighted by Gasteiger charge is 2.16. The summed E-state index contributed by atoms with van der Waals surface area (Å²) in [7, 11) is 3.36. The Kier molecular flexibility index (Phi) is 3.92. The van der Waals surface area contributed by atoms with E-state index in [0.717, 1.165) is 5.56 Å². The van der Waals surface area contributed by atoms with E-state index < -0.39 is 0 Å². The lowest BCUT2D eigenvalue weighted by molar-refractivity contribution is -0.122. The second-order valence-electron chi connectivity index (χ2n) is 2.89. The normalized spacial score (nSPS) is 12.2. The van der Waals surface area contributed by atoms with Gasteiger partial charge in [0.1, 0.15) is 6.04 Å². The molecule has 76 valence electrons. The summed E-state index contributed by atoms with van der Waals surface area (Å²) >= 11 is 5.75. The van der Waals surface area contributed by atoms with E-state index in [4.69, 9.17) is 11.6 Å². The quantitative estimate of drug-likeness (QED) is 0.794. The molecule has 0 aliphatic rings. The number of carbonyl (C=O) groups is 1. The summed E-state index contributed by atoms with van der Waals surface area (Å²) in [5, 5.41) is 6.20. The molecule has 1 amide bonds. The Morgan fingerprint density at radius 1 is 1.29 bits per heavy atom. The zero-order chi connectivity index (χ0) is 10.6. The molecule has 1 aromatic rings. The zero-order valence-electron chi connectivity index (χ0n) is 8.17. The van der Waals surface area contributed by atoms with E-state index >= 15 is 0 Å². The third-order valence-corrected chi connectivity index (χ3v) is 2.25. The molecule has 0 saturated heterocycles. The van der Waals surface area contributed by atoms with Crippen LogP contribution in [0.4, 0.5) is 0 Å². The molecule has 1 aromatic carbocycles. The number of hydrogen-bond donors (Lipinski definition) is 2. The van der Waals surface area contributed by atoms with Crippen molar-refractivity contribution >= 4 is 17.5 Å². The van der Waals surface area contributed by atoms with E-state index in [1.807, 2.05) is 12.1 Å². The van der Waals surface area contributed by atoms with Crippen LogP contribution in [-0.2, 0) is 4.79 Å². The van der Waals surface area contributed by atoms with E-state index in [1.165, 1.54) is 0 Å². The SMILES string of the molecule is CNC(=O)[C@H](NC)c1ccc(Cl)cc1. The molecule has 2 N–H and O–H groups in total. The molecule has 3 nitrogen and oxygen atoms in total. The fourth-order valence-corrected chi connectivity index (χ4v) is 1.37. The Morgan fingerprint density at radius 2 is 1.86 bits per heavy atom. The van der Waals surface area contributed by atoms with Gasteiger partial charge in [0, 0.05) is 12.1 Å². The summed E-state index contributed by atoms with van der Waals surface area (Å²) < 4.78 is 0. The molecule has 0 heterocycles. The maximum absolute atomic E-state index is 11.4. The van der Waals surface area contributed by atoms with Crippen molar-refractivity contribution in [3.8, 4) is 0 Å². The van der Waals surface area contributed by atoms with E-state index in [2.05, 4.69) is 10.6 Å². The number of carbonyl (C=O) groups excluding carboxylic acids is 1. The van der Waals surface area contributed by atoms with Crippen molar-refractivity contribution in [3.05, 3.63) is 34.9 Å². The Hall–Kier alpha value is -1.06. The molecule has 0 bridgehead atoms. The van der Waals surface area contributed by atoms with Gasteiger partial charge in [-0.1, -0.05) is 23.7 Å². The van der Waals surface area contributed by atoms with Crippen LogP contribution in [0.1, 0.15) is 11.6 Å². The highest BCUT2D eigenvalue weighted by molar-refractivity contribution is 6.30. The van der Waals surface area contributed by atoms with Gasteiger partial charge in [0.2, 0.25) is 5.91 Å². The number of halogens is 1. The van der Waals surface area contributed by atoms with Gasteiger partial charge in [-0.25, -0.2) is 0 Å². The second-order valence-corrected chi connectivity index (χ2v) is 3.32. The molecule has 0 fully saturated rings. The van der Waals surface area contributed by atoms with Gasteiger partial charge < -0.3 is 10.6 Å². The largest absolute Gasteiger partial charge is 0.358 e. The number of likely N-dealkylation sites (N-methyl/N-ethyl adjacent to an activating group) is 2. The molecule has 0 aromatic heterocycles. The summed E-state index contributed by atoms with van der Waals surface area (Å²) in [4.78, 5) is 11.4. The molecule has 1 rings (SSSR count). The molecular weight excluding hydrogens is 200 g/mol. The molecule has 0 aliphatic carbocycles. The molecule has 0 saturated carbocycles. The van der Waals surface area contributed by atoms with E-state index in [1.54, 1.807) is 26.2 Å². The van der Waals surface area contributed by atoms with Crippen molar-refractivity contribution in [3.63, 3.8) is 0 Å². The van der Waals surface area contributed by atoms with E-state index in [9.17, 15) is 4.79 Å². The maximum atomic E-state index is 11.4. The van der Waals surface area contributed by atoms with Crippen LogP contribution >= 0.6 is 11.6 Å². The lowest BCUT2D eigenvalue weighted by atomic mass is 10.1. The van der Waals surface area contributed by atoms with Crippen molar-refractivity contribution in [2.75, 3.05) is 14.1 Å². The van der Waals surface area contributed by atoms with Crippen molar-refractivity contribution in [1.82, 2.24) is 10.6 Å². The van der Waals surface area contributed by atoms with Crippen LogP contribution in [0.25, 0.3) is 0 Å². The van der Waals surface area contributed by atoms with Crippen LogP contribution in [0.3, 0.4) is 0 Å². The summed E-state index contributed by atoms with van der Waals surface area (Å²) in [5.74, 6) is -0.0603. The first-order valence-corrected chi connectivity index (χ1v) is 4.71. The van der Waals surface area contributed by atoms with E-state index in [-0.39, 0.29) is 11.9 Å². The van der Waals surface area contributed by atoms with Gasteiger partial charge in [0.25, 0.3) is 0 Å². The van der Waals surface area contributed by atoms with Gasteiger partial charge in [-0.05, 0) is 24.7 Å². The van der Waals surface area contributed by atoms with Gasteiger partial charge >= 0.3 is 0 Å². The van der Waals surface area contributed by atoms with Crippen LogP contribution in [0.5, 0.6) is 0 Å². The van der Waals surface area contributed by atoms with Gasteiger partial charge in [-0.15, -0.1) is 0 Å². The molecular formula is C10H13ClN2O. The highest BCUT2D eigenvalue weighted by atomic mass is 35.5. The number of nitrogens with one attached hydrogen (secondary N) is 2. The summed E-state index contributed by atoms with van der Waals surface area (Å²) in [6.07, 6.45) is 0. The summed E-state index contributed by atoms with van der Waals surface area (Å²) in [5.41, 5.74) is 0.899. The van der Waals surface area contributed by atoms with Crippen molar-refractivity contribution in [2.24, 2.45) is 0 Å². The third-order valence-electron chi connectivity index (χ3n) is 2.00. The average molecular weight is 213 g/mol. The van der Waals surface area contributed by atoms with Crippen LogP contribution in [0.15, 0.2) is 24.3 Å². The van der Waals surface area contributed by atoms with Crippen LogP contribution in [-0.4, -0.2) is 20.0 Å². The number of hydrogen-bond acceptors (Lipinski definition) is 2. The minimum absolute atomic E-state index is 0.0603. The minimum atomic E-state index is -0.322. The average Bonchev–Trinajstić information content (AvgIpc) is 2.21. The first-order chi connectivity index (χ1) is 6.69. The predicted octanol–water partition coefficient (Wildman–Crippen LogP) is 1.35. The summed E-state index contributed by atoms with van der Waals surface area (Å²) in [6.45, 7) is 0. The smallest absolute Gasteiger partial charge is 0.241 e. The van der Waals surface area contributed by atoms with Gasteiger partial charge in [-0.2, -0.15) is 0 Å². The Bertz CT molecular complexity index is 310. The monoisotopic (exact) mass is 212 g/mol. The first kappa shape index (κ1) is 11.0. The predicted molar refractivity (Wildman–Crippen MR) is 57.3 cm³/mol. The zero-order valence-corrected chi connectivity index (χ0v) is 8.93.